The Bertz CT molecular complexity index is 3810. The zero-order chi connectivity index (χ0) is 71.9. The van der Waals surface area contributed by atoms with Crippen molar-refractivity contribution in [2.45, 2.75) is 187 Å². The smallest absolute Gasteiger partial charge is 0.306 e. The highest BCUT2D eigenvalue weighted by Gasteiger charge is 2.42. The second kappa shape index (κ2) is 44.6. The van der Waals surface area contributed by atoms with E-state index >= 15 is 0 Å². The molecule has 0 aliphatic heterocycles. The van der Waals surface area contributed by atoms with Crippen molar-refractivity contribution in [3.63, 3.8) is 0 Å². The van der Waals surface area contributed by atoms with E-state index in [2.05, 4.69) is 126 Å². The van der Waals surface area contributed by atoms with Gasteiger partial charge in [-0.1, -0.05) is 260 Å². The first-order chi connectivity index (χ1) is 49.4. The van der Waals surface area contributed by atoms with E-state index in [1.54, 1.807) is 30.6 Å². The van der Waals surface area contributed by atoms with Crippen molar-refractivity contribution in [3.8, 4) is 78.9 Å². The second-order valence-corrected chi connectivity index (χ2v) is 26.7. The summed E-state index contributed by atoms with van der Waals surface area (Å²) in [6.07, 6.45) is 32.8. The monoisotopic (exact) mass is 1400 g/mol. The van der Waals surface area contributed by atoms with Gasteiger partial charge in [-0.15, -0.1) is 0 Å². The van der Waals surface area contributed by atoms with Crippen LogP contribution in [0.2, 0.25) is 0 Å². The molecule has 101 heavy (non-hydrogen) atoms. The van der Waals surface area contributed by atoms with Crippen LogP contribution in [0.15, 0.2) is 246 Å². The zero-order valence-corrected chi connectivity index (χ0v) is 62.4. The van der Waals surface area contributed by atoms with Gasteiger partial charge in [0.1, 0.15) is 46.7 Å². The summed E-state index contributed by atoms with van der Waals surface area (Å²) >= 11 is 0. The van der Waals surface area contributed by atoms with E-state index in [0.717, 1.165) is 157 Å². The minimum absolute atomic E-state index is 0.0587. The quantitative estimate of drug-likeness (QED) is 0.0161. The summed E-state index contributed by atoms with van der Waals surface area (Å²) in [5.74, 6) is 5.11. The number of carbonyl (C=O) groups excluding carboxylic acids is 2. The highest BCUT2D eigenvalue weighted by Crippen LogP contribution is 2.55. The third kappa shape index (κ3) is 25.8. The first kappa shape index (κ1) is 79.8. The molecule has 3 aromatic heterocycles. The number of carbonyl (C=O) groups is 2. The lowest BCUT2D eigenvalue weighted by Crippen LogP contribution is -2.25. The molecule has 0 N–H and O–H groups in total. The van der Waals surface area contributed by atoms with Crippen molar-refractivity contribution >= 4 is 29.4 Å². The molecule has 534 valence electrons. The molecular weight excluding hydrogens is 1290 g/mol. The first-order valence-electron chi connectivity index (χ1n) is 36.4. The number of rotatable bonds is 39. The van der Waals surface area contributed by atoms with Gasteiger partial charge in [0.2, 0.25) is 0 Å². The molecule has 10 rings (SSSR count). The SMILES string of the molecule is C=CC(C=C)OC(=O)CCCCCCCCCCOc1ccc(-c2coc(-c3ccc4c(c3)C(CCC)(CCC)c3cc(C)ccc3-4)c2)cc1.C=CC(C=C)OC(=O)CCCCCCCCCCOc1ccc(-c2coc(C)c2)cc1.FPP.c1ccc(-c2ccc(-c3ccccc3)o2)cc1. The topological polar surface area (TPSA) is 110 Å². The summed E-state index contributed by atoms with van der Waals surface area (Å²) in [5.41, 5.74) is 14.9. The van der Waals surface area contributed by atoms with Crippen LogP contribution in [0.5, 0.6) is 11.5 Å². The van der Waals surface area contributed by atoms with Crippen LogP contribution in [0, 0.1) is 13.8 Å². The van der Waals surface area contributed by atoms with E-state index in [4.69, 9.17) is 32.2 Å². The molecule has 0 fully saturated rings. The maximum absolute atomic E-state index is 11.8. The molecule has 1 aliphatic rings. The number of ether oxygens (including phenoxy) is 4. The molecule has 1 aliphatic carbocycles. The molecule has 0 bridgehead atoms. The number of hydrogen-bond acceptors (Lipinski definition) is 9. The van der Waals surface area contributed by atoms with E-state index in [-0.39, 0.29) is 29.6 Å². The number of benzene rings is 6. The van der Waals surface area contributed by atoms with Gasteiger partial charge in [-0.3, -0.25) is 9.59 Å². The van der Waals surface area contributed by atoms with Crippen molar-refractivity contribution in [2.75, 3.05) is 13.2 Å². The Labute approximate surface area is 606 Å². The van der Waals surface area contributed by atoms with Crippen LogP contribution in [0.3, 0.4) is 0 Å². The normalized spacial score (nSPS) is 11.7. The fourth-order valence-electron chi connectivity index (χ4n) is 12.9. The fraction of sp³-hybridized carbons (Fsp3) is 0.348. The van der Waals surface area contributed by atoms with Crippen LogP contribution < -0.4 is 9.47 Å². The van der Waals surface area contributed by atoms with E-state index in [9.17, 15) is 13.8 Å². The molecule has 6 aromatic carbocycles. The van der Waals surface area contributed by atoms with Crippen LogP contribution in [-0.2, 0) is 24.5 Å². The van der Waals surface area contributed by atoms with Crippen LogP contribution in [0.4, 0.5) is 4.20 Å². The lowest BCUT2D eigenvalue weighted by atomic mass is 9.71. The summed E-state index contributed by atoms with van der Waals surface area (Å²) in [5, 5.41) is 0. The number of esters is 2. The van der Waals surface area contributed by atoms with E-state index in [1.165, 1.54) is 85.6 Å². The molecule has 9 nitrogen and oxygen atoms in total. The van der Waals surface area contributed by atoms with Crippen molar-refractivity contribution in [3.05, 3.63) is 255 Å². The molecule has 0 spiro atoms. The van der Waals surface area contributed by atoms with Crippen molar-refractivity contribution in [1.82, 2.24) is 0 Å². The van der Waals surface area contributed by atoms with Crippen LogP contribution in [0.1, 0.15) is 178 Å². The van der Waals surface area contributed by atoms with Crippen molar-refractivity contribution in [1.29, 1.82) is 0 Å². The van der Waals surface area contributed by atoms with Gasteiger partial charge in [-0.25, -0.2) is 4.20 Å². The zero-order valence-electron chi connectivity index (χ0n) is 60.2. The number of halogens is 1. The van der Waals surface area contributed by atoms with Gasteiger partial charge >= 0.3 is 11.9 Å². The maximum atomic E-state index is 11.8. The van der Waals surface area contributed by atoms with Gasteiger partial charge in [0.25, 0.3) is 0 Å². The van der Waals surface area contributed by atoms with E-state index in [0.29, 0.717) is 12.8 Å². The lowest BCUT2D eigenvalue weighted by molar-refractivity contribution is -0.146. The Hall–Kier alpha value is -8.55. The third-order valence-corrected chi connectivity index (χ3v) is 18.1. The minimum atomic E-state index is -0.500. The Morgan fingerprint density at radius 3 is 1.28 bits per heavy atom. The average Bonchev–Trinajstić information content (AvgIpc) is 1.57. The predicted octanol–water partition coefficient (Wildman–Crippen LogP) is 26.3. The highest BCUT2D eigenvalue weighted by atomic mass is 32.0. The molecule has 3 heterocycles. The predicted molar refractivity (Wildman–Crippen MR) is 423 cm³/mol. The van der Waals surface area contributed by atoms with Crippen LogP contribution in [0.25, 0.3) is 67.4 Å². The maximum Gasteiger partial charge on any atom is 0.306 e. The number of aryl methyl sites for hydroxylation is 2. The first-order valence-corrected chi connectivity index (χ1v) is 39.1. The molecule has 2 atom stereocenters. The van der Waals surface area contributed by atoms with Gasteiger partial charge < -0.3 is 32.2 Å². The highest BCUT2D eigenvalue weighted by molar-refractivity contribution is 8.00. The molecule has 0 saturated heterocycles. The molecule has 0 radical (unpaired) electrons. The molecule has 9 aromatic rings. The number of unbranched alkanes of at least 4 members (excludes halogenated alkanes) is 14. The standard InChI is InChI=1S/C46H56O4.C27H36O4.C16H12O.FH3P2/c1-6-27-46(28-7-2)42-30-34(5)19-25-40(42)41-26-22-36(31-43(41)46)44-32-37(33-49-44)35-20-23-39(24-21-35)48-29-17-15-13-11-10-12-14-16-18-45(47)50-38(8-3)9-4;1-4-25(5-2)31-27(28)14-12-10-8-6-7-9-11-13-19-29-26-17-15-23(16-18-26)24-20-22(3)30-21-24;1-3-7-13(8-4-1)15-11-12-16(17-15)14-9-5-2-6-10-14;1-3-2/h8-9,19-26,30-33,38H,3-4,6-7,10-18,27-29H2,1-2,5H3;4-5,15-18,20-21,25H,1-2,6-14,19H2,3H3;1-12H;3H,2H2. The lowest BCUT2D eigenvalue weighted by Gasteiger charge is -2.32. The summed E-state index contributed by atoms with van der Waals surface area (Å²) in [7, 11) is 1.44. The Kier molecular flexibility index (Phi) is 35.3. The molecule has 0 saturated carbocycles. The molecule has 0 amide bonds. The van der Waals surface area contributed by atoms with E-state index in [1.807, 2.05) is 113 Å². The van der Waals surface area contributed by atoms with Gasteiger partial charge in [0, 0.05) is 46.1 Å². The van der Waals surface area contributed by atoms with Crippen LogP contribution in [-0.4, -0.2) is 37.4 Å². The number of furan rings is 3. The molecular formula is C89H107FO9P2. The summed E-state index contributed by atoms with van der Waals surface area (Å²) in [6.45, 7) is 24.8. The molecule has 12 heteroatoms. The average molecular weight is 1400 g/mol. The molecule has 2 unspecified atom stereocenters. The summed E-state index contributed by atoms with van der Waals surface area (Å²) in [6, 6.07) is 59.0. The largest absolute Gasteiger partial charge is 0.494 e. The fourth-order valence-corrected chi connectivity index (χ4v) is 12.9. The van der Waals surface area contributed by atoms with Gasteiger partial charge in [0.05, 0.1) is 34.3 Å². The Balaban J connectivity index is 0.000000236. The third-order valence-electron chi connectivity index (χ3n) is 18.1. The van der Waals surface area contributed by atoms with E-state index < -0.39 is 8.58 Å². The van der Waals surface area contributed by atoms with Gasteiger partial charge in [-0.05, 0) is 165 Å². The number of fused-ring (bicyclic) bond motifs is 3. The van der Waals surface area contributed by atoms with Crippen LogP contribution >= 0.6 is 17.5 Å². The Morgan fingerprint density at radius 2 is 0.851 bits per heavy atom. The van der Waals surface area contributed by atoms with Gasteiger partial charge in [0.15, 0.2) is 0 Å². The summed E-state index contributed by atoms with van der Waals surface area (Å²) < 4.78 is 50.0. The minimum Gasteiger partial charge on any atom is -0.494 e. The van der Waals surface area contributed by atoms with Crippen molar-refractivity contribution < 1.29 is 46.0 Å². The number of hydrogen-bond donors (Lipinski definition) is 0. The van der Waals surface area contributed by atoms with Crippen molar-refractivity contribution in [2.24, 2.45) is 0 Å². The van der Waals surface area contributed by atoms with Gasteiger partial charge in [-0.2, -0.15) is 0 Å². The Morgan fingerprint density at radius 1 is 0.455 bits per heavy atom. The second-order valence-electron chi connectivity index (χ2n) is 25.8. The summed E-state index contributed by atoms with van der Waals surface area (Å²) in [4.78, 5) is 23.5.